The standard InChI is InChI=1S/C20H22ClFN2O4/c1-20(2,9-11-3-4-12(21)7-14(11)22)23-10-16(26)18-19(27)24-15-8-13(25)5-6-17(15)28-18/h3-8,16,18,23,25-26H,9-10H2,1-2H3,(H,24,27). The summed E-state index contributed by atoms with van der Waals surface area (Å²) in [5.41, 5.74) is 0.293. The van der Waals surface area contributed by atoms with Gasteiger partial charge in [0.25, 0.3) is 5.91 Å². The maximum absolute atomic E-state index is 14.0. The molecule has 0 aliphatic carbocycles. The molecule has 2 unspecified atom stereocenters. The molecule has 4 N–H and O–H groups in total. The summed E-state index contributed by atoms with van der Waals surface area (Å²) < 4.78 is 19.6. The van der Waals surface area contributed by atoms with Crippen LogP contribution in [0.1, 0.15) is 19.4 Å². The number of fused-ring (bicyclic) bond motifs is 1. The van der Waals surface area contributed by atoms with Crippen LogP contribution in [0.15, 0.2) is 36.4 Å². The monoisotopic (exact) mass is 408 g/mol. The zero-order chi connectivity index (χ0) is 20.5. The topological polar surface area (TPSA) is 90.8 Å². The van der Waals surface area contributed by atoms with Crippen LogP contribution < -0.4 is 15.4 Å². The Labute approximate surface area is 167 Å². The van der Waals surface area contributed by atoms with Gasteiger partial charge in [0.2, 0.25) is 6.10 Å². The van der Waals surface area contributed by atoms with Crippen LogP contribution in [0, 0.1) is 5.82 Å². The van der Waals surface area contributed by atoms with E-state index in [0.717, 1.165) is 0 Å². The summed E-state index contributed by atoms with van der Waals surface area (Å²) >= 11 is 5.78. The molecule has 1 amide bonds. The van der Waals surface area contributed by atoms with Crippen molar-refractivity contribution in [2.24, 2.45) is 0 Å². The molecule has 150 valence electrons. The molecular weight excluding hydrogens is 387 g/mol. The van der Waals surface area contributed by atoms with Crippen molar-refractivity contribution in [1.82, 2.24) is 5.32 Å². The molecule has 0 bridgehead atoms. The van der Waals surface area contributed by atoms with Crippen LogP contribution in [-0.4, -0.2) is 40.4 Å². The lowest BCUT2D eigenvalue weighted by Crippen LogP contribution is -2.53. The molecule has 6 nitrogen and oxygen atoms in total. The fourth-order valence-corrected chi connectivity index (χ4v) is 3.22. The number of amides is 1. The third-order valence-corrected chi connectivity index (χ3v) is 4.76. The van der Waals surface area contributed by atoms with Gasteiger partial charge in [0, 0.05) is 23.2 Å². The molecule has 1 aliphatic heterocycles. The lowest BCUT2D eigenvalue weighted by Gasteiger charge is -2.32. The SMILES string of the molecule is CC(C)(Cc1ccc(Cl)cc1F)NCC(O)C1Oc2ccc(O)cc2NC1=O. The van der Waals surface area contributed by atoms with Crippen LogP contribution >= 0.6 is 11.6 Å². The van der Waals surface area contributed by atoms with Crippen LogP contribution in [0.2, 0.25) is 5.02 Å². The third-order valence-electron chi connectivity index (χ3n) is 4.52. The fraction of sp³-hybridized carbons (Fsp3) is 0.350. The average molecular weight is 409 g/mol. The number of ether oxygens (including phenoxy) is 1. The van der Waals surface area contributed by atoms with E-state index >= 15 is 0 Å². The van der Waals surface area contributed by atoms with E-state index in [2.05, 4.69) is 10.6 Å². The van der Waals surface area contributed by atoms with Crippen molar-refractivity contribution in [3.05, 3.63) is 52.8 Å². The first-order valence-electron chi connectivity index (χ1n) is 8.82. The Hall–Kier alpha value is -2.35. The molecule has 1 aliphatic rings. The van der Waals surface area contributed by atoms with Crippen molar-refractivity contribution in [2.75, 3.05) is 11.9 Å². The van der Waals surface area contributed by atoms with Crippen molar-refractivity contribution in [3.8, 4) is 11.5 Å². The first kappa shape index (κ1) is 20.4. The van der Waals surface area contributed by atoms with Crippen molar-refractivity contribution in [1.29, 1.82) is 0 Å². The molecule has 0 saturated carbocycles. The number of phenolic OH excluding ortho intramolecular Hbond substituents is 1. The molecule has 2 atom stereocenters. The highest BCUT2D eigenvalue weighted by atomic mass is 35.5. The van der Waals surface area contributed by atoms with Crippen LogP contribution in [0.3, 0.4) is 0 Å². The Morgan fingerprint density at radius 2 is 2.07 bits per heavy atom. The molecule has 1 heterocycles. The summed E-state index contributed by atoms with van der Waals surface area (Å²) in [6.07, 6.45) is -1.87. The fourth-order valence-electron chi connectivity index (χ4n) is 3.06. The van der Waals surface area contributed by atoms with Gasteiger partial charge in [-0.05, 0) is 50.1 Å². The molecular formula is C20H22ClFN2O4. The zero-order valence-electron chi connectivity index (χ0n) is 15.5. The number of halogens is 2. The normalized spacial score (nSPS) is 17.5. The molecule has 2 aromatic rings. The second kappa shape index (κ2) is 7.95. The highest BCUT2D eigenvalue weighted by Crippen LogP contribution is 2.33. The van der Waals surface area contributed by atoms with Crippen molar-refractivity contribution in [2.45, 2.75) is 38.0 Å². The number of benzene rings is 2. The lowest BCUT2D eigenvalue weighted by molar-refractivity contribution is -0.128. The highest BCUT2D eigenvalue weighted by molar-refractivity contribution is 6.30. The van der Waals surface area contributed by atoms with E-state index in [1.165, 1.54) is 24.3 Å². The molecule has 2 aromatic carbocycles. The summed E-state index contributed by atoms with van der Waals surface area (Å²) in [6, 6.07) is 8.84. The minimum Gasteiger partial charge on any atom is -0.508 e. The minimum absolute atomic E-state index is 0.000466. The number of rotatable bonds is 6. The van der Waals surface area contributed by atoms with Crippen molar-refractivity contribution >= 4 is 23.2 Å². The van der Waals surface area contributed by atoms with Gasteiger partial charge in [-0.1, -0.05) is 17.7 Å². The number of aliphatic hydroxyl groups is 1. The van der Waals surface area contributed by atoms with E-state index in [-0.39, 0.29) is 12.3 Å². The Balaban J connectivity index is 1.62. The summed E-state index contributed by atoms with van der Waals surface area (Å²) in [6.45, 7) is 3.80. The maximum atomic E-state index is 14.0. The second-order valence-electron chi connectivity index (χ2n) is 7.45. The molecule has 0 saturated heterocycles. The van der Waals surface area contributed by atoms with Gasteiger partial charge in [-0.3, -0.25) is 4.79 Å². The number of hydrogen-bond donors (Lipinski definition) is 4. The van der Waals surface area contributed by atoms with E-state index in [0.29, 0.717) is 28.4 Å². The number of hydrogen-bond acceptors (Lipinski definition) is 5. The van der Waals surface area contributed by atoms with Crippen LogP contribution in [0.4, 0.5) is 10.1 Å². The summed E-state index contributed by atoms with van der Waals surface area (Å²) in [4.78, 5) is 12.2. The van der Waals surface area contributed by atoms with E-state index in [1.54, 1.807) is 12.1 Å². The Kier molecular flexibility index (Phi) is 5.79. The zero-order valence-corrected chi connectivity index (χ0v) is 16.3. The van der Waals surface area contributed by atoms with Crippen LogP contribution in [-0.2, 0) is 11.2 Å². The van der Waals surface area contributed by atoms with Crippen LogP contribution in [0.5, 0.6) is 11.5 Å². The number of carbonyl (C=O) groups is 1. The molecule has 3 rings (SSSR count). The number of β-amino-alcohol motifs (C(OH)–C–C–N with tert-alkyl or cyclic N) is 1. The van der Waals surface area contributed by atoms with Gasteiger partial charge in [-0.2, -0.15) is 0 Å². The molecule has 28 heavy (non-hydrogen) atoms. The Morgan fingerprint density at radius 1 is 1.32 bits per heavy atom. The van der Waals surface area contributed by atoms with Gasteiger partial charge >= 0.3 is 0 Å². The van der Waals surface area contributed by atoms with Crippen LogP contribution in [0.25, 0.3) is 0 Å². The number of carbonyl (C=O) groups excluding carboxylic acids is 1. The van der Waals surface area contributed by atoms with Gasteiger partial charge in [-0.15, -0.1) is 0 Å². The van der Waals surface area contributed by atoms with E-state index in [4.69, 9.17) is 16.3 Å². The molecule has 8 heteroatoms. The Morgan fingerprint density at radius 3 is 2.79 bits per heavy atom. The number of nitrogens with one attached hydrogen (secondary N) is 2. The third kappa shape index (κ3) is 4.73. The first-order chi connectivity index (χ1) is 13.1. The predicted octanol–water partition coefficient (Wildman–Crippen LogP) is 2.86. The largest absolute Gasteiger partial charge is 0.508 e. The summed E-state index contributed by atoms with van der Waals surface area (Å²) in [5.74, 6) is -0.532. The number of aliphatic hydroxyl groups excluding tert-OH is 1. The maximum Gasteiger partial charge on any atom is 0.268 e. The van der Waals surface area contributed by atoms with Crippen molar-refractivity contribution in [3.63, 3.8) is 0 Å². The molecule has 0 aromatic heterocycles. The van der Waals surface area contributed by atoms with E-state index in [9.17, 15) is 19.4 Å². The summed E-state index contributed by atoms with van der Waals surface area (Å²) in [5, 5.41) is 26.0. The first-order valence-corrected chi connectivity index (χ1v) is 9.20. The van der Waals surface area contributed by atoms with Crippen molar-refractivity contribution < 1.29 is 24.1 Å². The van der Waals surface area contributed by atoms with Gasteiger partial charge in [0.15, 0.2) is 0 Å². The van der Waals surface area contributed by atoms with Gasteiger partial charge < -0.3 is 25.6 Å². The molecule has 0 spiro atoms. The number of phenols is 1. The summed E-state index contributed by atoms with van der Waals surface area (Å²) in [7, 11) is 0. The quantitative estimate of drug-likeness (QED) is 0.590. The highest BCUT2D eigenvalue weighted by Gasteiger charge is 2.35. The predicted molar refractivity (Wildman–Crippen MR) is 104 cm³/mol. The van der Waals surface area contributed by atoms with Gasteiger partial charge in [0.05, 0.1) is 5.69 Å². The Bertz CT molecular complexity index is 891. The number of anilines is 1. The van der Waals surface area contributed by atoms with Gasteiger partial charge in [-0.25, -0.2) is 4.39 Å². The molecule has 0 radical (unpaired) electrons. The van der Waals surface area contributed by atoms with Gasteiger partial charge in [0.1, 0.15) is 23.4 Å². The smallest absolute Gasteiger partial charge is 0.268 e. The second-order valence-corrected chi connectivity index (χ2v) is 7.89. The molecule has 0 fully saturated rings. The lowest BCUT2D eigenvalue weighted by atomic mass is 9.94. The minimum atomic E-state index is -1.13. The average Bonchev–Trinajstić information content (AvgIpc) is 2.61. The number of aromatic hydroxyl groups is 1. The van der Waals surface area contributed by atoms with E-state index in [1.807, 2.05) is 13.8 Å². The van der Waals surface area contributed by atoms with E-state index < -0.39 is 29.5 Å².